The van der Waals surface area contributed by atoms with Crippen molar-refractivity contribution in [2.24, 2.45) is 5.92 Å². The number of aromatic nitrogens is 1. The Morgan fingerprint density at radius 1 is 1.23 bits per heavy atom. The first-order chi connectivity index (χ1) is 14.8. The molecule has 164 valence electrons. The molecule has 1 unspecified atom stereocenters. The third-order valence-electron chi connectivity index (χ3n) is 5.94. The van der Waals surface area contributed by atoms with Gasteiger partial charge in [-0.3, -0.25) is 4.79 Å². The Kier molecular flexibility index (Phi) is 5.33. The molecule has 5 rings (SSSR count). The summed E-state index contributed by atoms with van der Waals surface area (Å²) >= 11 is 8.30. The van der Waals surface area contributed by atoms with Crippen LogP contribution in [0.4, 0.5) is 0 Å². The van der Waals surface area contributed by atoms with Crippen LogP contribution >= 0.6 is 23.4 Å². The number of hydrogen-bond acceptors (Lipinski definition) is 5. The summed E-state index contributed by atoms with van der Waals surface area (Å²) in [6, 6.07) is 5.77. The van der Waals surface area contributed by atoms with Crippen LogP contribution in [0.25, 0.3) is 11.3 Å². The van der Waals surface area contributed by atoms with Crippen LogP contribution in [-0.2, 0) is 4.74 Å². The highest BCUT2D eigenvalue weighted by atomic mass is 35.5. The first-order valence-electron chi connectivity index (χ1n) is 11.0. The number of carbonyl (C=O) groups excluding carboxylic acids is 1. The summed E-state index contributed by atoms with van der Waals surface area (Å²) in [6.07, 6.45) is 4.02. The molecule has 5 nitrogen and oxygen atoms in total. The van der Waals surface area contributed by atoms with Gasteiger partial charge < -0.3 is 14.0 Å². The fourth-order valence-corrected chi connectivity index (χ4v) is 5.39. The standard InChI is InChI=1S/C24H26ClNO4S/c1-12(2)30-24(28)18-8-16-13(3)31-21-10-20(29-11-14-4-5-14)19(25)9-17(21)22(16)26(23(18)27)15-6-7-15/h8-10,12-15H,4-7,11H2,1-3H3. The lowest BCUT2D eigenvalue weighted by atomic mass is 9.99. The molecule has 1 atom stereocenters. The van der Waals surface area contributed by atoms with Crippen LogP contribution in [0.15, 0.2) is 27.9 Å². The molecule has 0 radical (unpaired) electrons. The molecule has 1 aromatic heterocycles. The number of esters is 1. The molecule has 0 bridgehead atoms. The summed E-state index contributed by atoms with van der Waals surface area (Å²) in [7, 11) is 0. The van der Waals surface area contributed by atoms with E-state index in [-0.39, 0.29) is 28.5 Å². The van der Waals surface area contributed by atoms with Crippen LogP contribution in [0.2, 0.25) is 5.02 Å². The molecule has 0 spiro atoms. The smallest absolute Gasteiger partial charge is 0.344 e. The van der Waals surface area contributed by atoms with Gasteiger partial charge >= 0.3 is 5.97 Å². The third-order valence-corrected chi connectivity index (χ3v) is 7.44. The van der Waals surface area contributed by atoms with Crippen LogP contribution in [-0.4, -0.2) is 23.2 Å². The molecule has 2 saturated carbocycles. The Labute approximate surface area is 191 Å². The van der Waals surface area contributed by atoms with Gasteiger partial charge in [0.25, 0.3) is 5.56 Å². The lowest BCUT2D eigenvalue weighted by Crippen LogP contribution is -2.31. The number of hydrogen-bond donors (Lipinski definition) is 0. The molecule has 2 fully saturated rings. The molecule has 1 aromatic carbocycles. The molecule has 2 heterocycles. The lowest BCUT2D eigenvalue weighted by Gasteiger charge is -2.29. The average Bonchev–Trinajstić information content (AvgIpc) is 3.60. The van der Waals surface area contributed by atoms with E-state index in [1.54, 1.807) is 31.7 Å². The highest BCUT2D eigenvalue weighted by Gasteiger charge is 2.36. The first-order valence-corrected chi connectivity index (χ1v) is 12.2. The van der Waals surface area contributed by atoms with Gasteiger partial charge in [-0.2, -0.15) is 0 Å². The maximum Gasteiger partial charge on any atom is 0.344 e. The van der Waals surface area contributed by atoms with Crippen LogP contribution in [0.3, 0.4) is 0 Å². The minimum atomic E-state index is -0.554. The second kappa shape index (κ2) is 7.89. The zero-order valence-corrected chi connectivity index (χ0v) is 19.5. The second-order valence-electron chi connectivity index (χ2n) is 9.02. The van der Waals surface area contributed by atoms with Crippen molar-refractivity contribution >= 4 is 29.3 Å². The summed E-state index contributed by atoms with van der Waals surface area (Å²) in [5.74, 6) is 0.790. The van der Waals surface area contributed by atoms with Crippen LogP contribution in [0, 0.1) is 5.92 Å². The van der Waals surface area contributed by atoms with Crippen molar-refractivity contribution in [1.82, 2.24) is 4.57 Å². The summed E-state index contributed by atoms with van der Waals surface area (Å²) in [5, 5.41) is 0.634. The number of rotatable bonds is 6. The van der Waals surface area contributed by atoms with Crippen LogP contribution in [0.1, 0.15) is 73.7 Å². The molecule has 7 heteroatoms. The maximum atomic E-state index is 13.4. The van der Waals surface area contributed by atoms with Gasteiger partial charge in [-0.15, -0.1) is 11.8 Å². The number of halogens is 1. The van der Waals surface area contributed by atoms with Gasteiger partial charge in [0.1, 0.15) is 11.3 Å². The van der Waals surface area contributed by atoms with E-state index in [1.165, 1.54) is 12.8 Å². The monoisotopic (exact) mass is 459 g/mol. The van der Waals surface area contributed by atoms with Crippen LogP contribution < -0.4 is 10.3 Å². The van der Waals surface area contributed by atoms with Crippen molar-refractivity contribution in [3.05, 3.63) is 44.7 Å². The highest BCUT2D eigenvalue weighted by molar-refractivity contribution is 7.99. The fourth-order valence-electron chi connectivity index (χ4n) is 4.03. The van der Waals surface area contributed by atoms with Gasteiger partial charge in [-0.25, -0.2) is 4.79 Å². The Bertz CT molecular complexity index is 1120. The number of ether oxygens (including phenoxy) is 2. The topological polar surface area (TPSA) is 57.5 Å². The number of fused-ring (bicyclic) bond motifs is 3. The van der Waals surface area contributed by atoms with Gasteiger partial charge in [0.05, 0.1) is 23.4 Å². The predicted octanol–water partition coefficient (Wildman–Crippen LogP) is 6.02. The lowest BCUT2D eigenvalue weighted by molar-refractivity contribution is 0.0375. The van der Waals surface area contributed by atoms with Crippen molar-refractivity contribution in [2.45, 2.75) is 68.7 Å². The van der Waals surface area contributed by atoms with E-state index >= 15 is 0 Å². The van der Waals surface area contributed by atoms with Gasteiger partial charge in [0, 0.05) is 21.8 Å². The molecule has 2 aromatic rings. The zero-order chi connectivity index (χ0) is 21.9. The zero-order valence-electron chi connectivity index (χ0n) is 17.9. The maximum absolute atomic E-state index is 13.4. The number of thioether (sulfide) groups is 1. The molecule has 1 aliphatic heterocycles. The molecular weight excluding hydrogens is 434 g/mol. The number of carbonyl (C=O) groups is 1. The van der Waals surface area contributed by atoms with E-state index in [2.05, 4.69) is 6.92 Å². The summed E-state index contributed by atoms with van der Waals surface area (Å²) in [5.41, 5.74) is 2.63. The molecule has 2 aliphatic carbocycles. The average molecular weight is 460 g/mol. The van der Waals surface area contributed by atoms with E-state index in [0.717, 1.165) is 34.6 Å². The number of nitrogens with zero attached hydrogens (tertiary/aromatic N) is 1. The quantitative estimate of drug-likeness (QED) is 0.494. The largest absolute Gasteiger partial charge is 0.492 e. The second-order valence-corrected chi connectivity index (χ2v) is 10.8. The third kappa shape index (κ3) is 4.00. The Morgan fingerprint density at radius 3 is 2.61 bits per heavy atom. The Morgan fingerprint density at radius 2 is 1.97 bits per heavy atom. The first kappa shape index (κ1) is 21.0. The van der Waals surface area contributed by atoms with Gasteiger partial charge in [0.2, 0.25) is 0 Å². The number of benzene rings is 1. The normalized spacial score (nSPS) is 19.7. The van der Waals surface area contributed by atoms with E-state index in [1.807, 2.05) is 16.7 Å². The highest BCUT2D eigenvalue weighted by Crippen LogP contribution is 2.53. The fraction of sp³-hybridized carbons (Fsp3) is 0.500. The van der Waals surface area contributed by atoms with E-state index < -0.39 is 5.97 Å². The van der Waals surface area contributed by atoms with E-state index in [4.69, 9.17) is 21.1 Å². The summed E-state index contributed by atoms with van der Waals surface area (Å²) in [6.45, 7) is 6.37. The van der Waals surface area contributed by atoms with Crippen molar-refractivity contribution in [3.8, 4) is 17.0 Å². The van der Waals surface area contributed by atoms with Crippen molar-refractivity contribution < 1.29 is 14.3 Å². The SMILES string of the molecule is CC(C)OC(=O)c1cc2c(n(C3CC3)c1=O)-c1cc(Cl)c(OCC3CC3)cc1SC2C. The van der Waals surface area contributed by atoms with Crippen molar-refractivity contribution in [1.29, 1.82) is 0 Å². The summed E-state index contributed by atoms with van der Waals surface area (Å²) < 4.78 is 13.1. The van der Waals surface area contributed by atoms with E-state index in [9.17, 15) is 9.59 Å². The predicted molar refractivity (Wildman–Crippen MR) is 122 cm³/mol. The summed E-state index contributed by atoms with van der Waals surface area (Å²) in [4.78, 5) is 27.1. The molecule has 0 N–H and O–H groups in total. The minimum Gasteiger partial charge on any atom is -0.492 e. The minimum absolute atomic E-state index is 0.0798. The molecule has 0 amide bonds. The van der Waals surface area contributed by atoms with Gasteiger partial charge in [-0.05, 0) is 76.1 Å². The van der Waals surface area contributed by atoms with Gasteiger partial charge in [0.15, 0.2) is 0 Å². The van der Waals surface area contributed by atoms with Gasteiger partial charge in [-0.1, -0.05) is 11.6 Å². The molecule has 0 saturated heterocycles. The van der Waals surface area contributed by atoms with Crippen molar-refractivity contribution in [3.63, 3.8) is 0 Å². The van der Waals surface area contributed by atoms with Crippen molar-refractivity contribution in [2.75, 3.05) is 6.61 Å². The Hall–Kier alpha value is -1.92. The molecular formula is C24H26ClNO4S. The van der Waals surface area contributed by atoms with Crippen LogP contribution in [0.5, 0.6) is 5.75 Å². The Balaban J connectivity index is 1.64. The molecule has 31 heavy (non-hydrogen) atoms. The molecule has 3 aliphatic rings. The number of pyridine rings is 1. The van der Waals surface area contributed by atoms with E-state index in [0.29, 0.717) is 23.3 Å².